The van der Waals surface area contributed by atoms with Gasteiger partial charge in [0.2, 0.25) is 0 Å². The standard InChI is InChI=1S/C14H18O2S/c1-3-7-13(11(2)14(15)16)17-10-12-8-5-4-6-9-12/h4-9,11H,3,10H2,1-2H3,(H,15,16)/b13-7-. The second-order valence-electron chi connectivity index (χ2n) is 3.85. The van der Waals surface area contributed by atoms with E-state index >= 15 is 0 Å². The van der Waals surface area contributed by atoms with Crippen molar-refractivity contribution >= 4 is 17.7 Å². The highest BCUT2D eigenvalue weighted by Gasteiger charge is 2.16. The smallest absolute Gasteiger partial charge is 0.311 e. The van der Waals surface area contributed by atoms with E-state index in [1.165, 1.54) is 5.56 Å². The van der Waals surface area contributed by atoms with Gasteiger partial charge in [-0.25, -0.2) is 0 Å². The number of carboxylic acid groups (broad SMARTS) is 1. The van der Waals surface area contributed by atoms with E-state index < -0.39 is 11.9 Å². The number of thioether (sulfide) groups is 1. The first-order valence-corrected chi connectivity index (χ1v) is 6.73. The van der Waals surface area contributed by atoms with Crippen LogP contribution < -0.4 is 0 Å². The Hall–Kier alpha value is -1.22. The first-order valence-electron chi connectivity index (χ1n) is 5.74. The molecule has 1 aromatic rings. The van der Waals surface area contributed by atoms with Crippen molar-refractivity contribution in [2.24, 2.45) is 5.92 Å². The van der Waals surface area contributed by atoms with Crippen LogP contribution in [0.3, 0.4) is 0 Å². The fourth-order valence-electron chi connectivity index (χ4n) is 1.42. The second-order valence-corrected chi connectivity index (χ2v) is 4.90. The predicted octanol–water partition coefficient (Wildman–Crippen LogP) is 3.93. The Morgan fingerprint density at radius 3 is 2.59 bits per heavy atom. The fourth-order valence-corrected chi connectivity index (χ4v) is 2.59. The first kappa shape index (κ1) is 13.8. The molecule has 0 aromatic heterocycles. The Morgan fingerprint density at radius 2 is 2.06 bits per heavy atom. The maximum Gasteiger partial charge on any atom is 0.311 e. The lowest BCUT2D eigenvalue weighted by Crippen LogP contribution is -2.10. The number of hydrogen-bond acceptors (Lipinski definition) is 2. The third-order valence-electron chi connectivity index (χ3n) is 2.45. The van der Waals surface area contributed by atoms with Crippen molar-refractivity contribution in [2.45, 2.75) is 26.0 Å². The van der Waals surface area contributed by atoms with Crippen LogP contribution in [0.1, 0.15) is 25.8 Å². The van der Waals surface area contributed by atoms with E-state index in [2.05, 4.69) is 12.1 Å². The lowest BCUT2D eigenvalue weighted by Gasteiger charge is -2.11. The van der Waals surface area contributed by atoms with Crippen molar-refractivity contribution in [1.29, 1.82) is 0 Å². The summed E-state index contributed by atoms with van der Waals surface area (Å²) in [5, 5.41) is 9.02. The molecule has 0 aliphatic heterocycles. The molecule has 0 saturated carbocycles. The molecule has 1 rings (SSSR count). The number of rotatable bonds is 6. The Morgan fingerprint density at radius 1 is 1.41 bits per heavy atom. The van der Waals surface area contributed by atoms with Gasteiger partial charge in [-0.15, -0.1) is 11.8 Å². The lowest BCUT2D eigenvalue weighted by molar-refractivity contribution is -0.139. The van der Waals surface area contributed by atoms with Crippen LogP contribution in [0, 0.1) is 5.92 Å². The summed E-state index contributed by atoms with van der Waals surface area (Å²) in [6, 6.07) is 10.1. The average molecular weight is 250 g/mol. The summed E-state index contributed by atoms with van der Waals surface area (Å²) in [5.74, 6) is -0.349. The molecule has 1 atom stereocenters. The monoisotopic (exact) mass is 250 g/mol. The number of allylic oxidation sites excluding steroid dienone is 1. The third kappa shape index (κ3) is 4.65. The van der Waals surface area contributed by atoms with Crippen molar-refractivity contribution in [3.05, 3.63) is 46.9 Å². The van der Waals surface area contributed by atoms with E-state index in [0.29, 0.717) is 0 Å². The molecule has 1 aromatic carbocycles. The van der Waals surface area contributed by atoms with Crippen LogP contribution in [-0.4, -0.2) is 11.1 Å². The van der Waals surface area contributed by atoms with Gasteiger partial charge in [0.05, 0.1) is 5.92 Å². The van der Waals surface area contributed by atoms with Crippen LogP contribution in [-0.2, 0) is 10.5 Å². The Labute approximate surface area is 107 Å². The predicted molar refractivity (Wildman–Crippen MR) is 72.9 cm³/mol. The largest absolute Gasteiger partial charge is 0.481 e. The van der Waals surface area contributed by atoms with Gasteiger partial charge in [-0.2, -0.15) is 0 Å². The maximum absolute atomic E-state index is 11.0. The Bertz CT molecular complexity index is 384. The molecule has 0 bridgehead atoms. The van der Waals surface area contributed by atoms with Gasteiger partial charge in [0, 0.05) is 5.75 Å². The summed E-state index contributed by atoms with van der Waals surface area (Å²) in [6.45, 7) is 3.76. The summed E-state index contributed by atoms with van der Waals surface area (Å²) >= 11 is 1.62. The maximum atomic E-state index is 11.0. The molecule has 1 unspecified atom stereocenters. The van der Waals surface area contributed by atoms with Gasteiger partial charge in [0.1, 0.15) is 0 Å². The topological polar surface area (TPSA) is 37.3 Å². The van der Waals surface area contributed by atoms with Crippen molar-refractivity contribution in [2.75, 3.05) is 0 Å². The van der Waals surface area contributed by atoms with Gasteiger partial charge in [-0.1, -0.05) is 43.3 Å². The van der Waals surface area contributed by atoms with Crippen LogP contribution in [0.2, 0.25) is 0 Å². The SMILES string of the molecule is CC/C=C(\SCc1ccccc1)C(C)C(=O)O. The minimum atomic E-state index is -0.759. The molecule has 0 amide bonds. The van der Waals surface area contributed by atoms with Crippen LogP contribution in [0.15, 0.2) is 41.3 Å². The molecular formula is C14H18O2S. The quantitative estimate of drug-likeness (QED) is 0.831. The fraction of sp³-hybridized carbons (Fsp3) is 0.357. The van der Waals surface area contributed by atoms with Gasteiger partial charge >= 0.3 is 5.97 Å². The molecule has 3 heteroatoms. The summed E-state index contributed by atoms with van der Waals surface area (Å²) in [7, 11) is 0. The molecule has 0 fully saturated rings. The average Bonchev–Trinajstić information content (AvgIpc) is 2.34. The highest BCUT2D eigenvalue weighted by atomic mass is 32.2. The number of benzene rings is 1. The molecule has 0 saturated heterocycles. The van der Waals surface area contributed by atoms with Crippen molar-refractivity contribution < 1.29 is 9.90 Å². The summed E-state index contributed by atoms with van der Waals surface area (Å²) < 4.78 is 0. The van der Waals surface area contributed by atoms with Crippen molar-refractivity contribution in [3.63, 3.8) is 0 Å². The molecule has 0 aliphatic carbocycles. The van der Waals surface area contributed by atoms with E-state index in [9.17, 15) is 4.79 Å². The zero-order chi connectivity index (χ0) is 12.7. The van der Waals surface area contributed by atoms with Gasteiger partial charge in [-0.3, -0.25) is 4.79 Å². The van der Waals surface area contributed by atoms with Gasteiger partial charge in [-0.05, 0) is 23.8 Å². The highest BCUT2D eigenvalue weighted by Crippen LogP contribution is 2.28. The zero-order valence-electron chi connectivity index (χ0n) is 10.2. The zero-order valence-corrected chi connectivity index (χ0v) is 11.0. The molecule has 1 N–H and O–H groups in total. The third-order valence-corrected chi connectivity index (χ3v) is 3.78. The number of carbonyl (C=O) groups is 1. The minimum absolute atomic E-state index is 0.413. The van der Waals surface area contributed by atoms with E-state index in [-0.39, 0.29) is 0 Å². The lowest BCUT2D eigenvalue weighted by atomic mass is 10.1. The second kappa shape index (κ2) is 7.17. The molecular weight excluding hydrogens is 232 g/mol. The summed E-state index contributed by atoms with van der Waals surface area (Å²) in [6.07, 6.45) is 2.88. The summed E-state index contributed by atoms with van der Waals surface area (Å²) in [4.78, 5) is 11.9. The Kier molecular flexibility index (Phi) is 5.84. The van der Waals surface area contributed by atoms with Crippen LogP contribution >= 0.6 is 11.8 Å². The van der Waals surface area contributed by atoms with Crippen LogP contribution in [0.25, 0.3) is 0 Å². The Balaban J connectivity index is 2.63. The minimum Gasteiger partial charge on any atom is -0.481 e. The van der Waals surface area contributed by atoms with Crippen LogP contribution in [0.5, 0.6) is 0 Å². The first-order chi connectivity index (χ1) is 8.15. The molecule has 0 spiro atoms. The number of carboxylic acids is 1. The van der Waals surface area contributed by atoms with E-state index in [1.54, 1.807) is 18.7 Å². The van der Waals surface area contributed by atoms with Crippen molar-refractivity contribution in [1.82, 2.24) is 0 Å². The normalized spacial score (nSPS) is 13.4. The number of aliphatic carboxylic acids is 1. The highest BCUT2D eigenvalue weighted by molar-refractivity contribution is 8.02. The van der Waals surface area contributed by atoms with Gasteiger partial charge in [0.25, 0.3) is 0 Å². The molecule has 0 aliphatic rings. The number of hydrogen-bond donors (Lipinski definition) is 1. The molecule has 92 valence electrons. The molecule has 0 radical (unpaired) electrons. The molecule has 17 heavy (non-hydrogen) atoms. The van der Waals surface area contributed by atoms with Gasteiger partial charge in [0.15, 0.2) is 0 Å². The van der Waals surface area contributed by atoms with E-state index in [0.717, 1.165) is 17.1 Å². The summed E-state index contributed by atoms with van der Waals surface area (Å²) in [5.41, 5.74) is 1.22. The van der Waals surface area contributed by atoms with Crippen LogP contribution in [0.4, 0.5) is 0 Å². The van der Waals surface area contributed by atoms with E-state index in [1.807, 2.05) is 31.2 Å². The molecule has 0 heterocycles. The van der Waals surface area contributed by atoms with E-state index in [4.69, 9.17) is 5.11 Å². The molecule has 2 nitrogen and oxygen atoms in total. The van der Waals surface area contributed by atoms with Gasteiger partial charge < -0.3 is 5.11 Å². The van der Waals surface area contributed by atoms with Crippen molar-refractivity contribution in [3.8, 4) is 0 Å².